The van der Waals surface area contributed by atoms with Crippen LogP contribution in [-0.4, -0.2) is 32.7 Å². The number of nitrogens with two attached hydrogens (primary N) is 1. The van der Waals surface area contributed by atoms with Crippen molar-refractivity contribution in [2.75, 3.05) is 13.2 Å². The number of hydrogen-bond donors (Lipinski definition) is 3. The normalized spacial score (nSPS) is 13.8. The van der Waals surface area contributed by atoms with Crippen LogP contribution in [0.2, 0.25) is 0 Å². The molecular formula is C10H19N3O3S. The van der Waals surface area contributed by atoms with Crippen molar-refractivity contribution in [3.8, 4) is 0 Å². The Hall–Kier alpha value is -0.890. The standard InChI is InChI=1S/C10H19N3O3S/c1-3-16-8(2)6-13-17(14,15)10-4-9(5-11)12-7-10/h4,7-8,12-13H,3,5-6,11H2,1-2H3. The molecule has 0 saturated heterocycles. The van der Waals surface area contributed by atoms with Crippen LogP contribution in [0.4, 0.5) is 0 Å². The van der Waals surface area contributed by atoms with E-state index in [1.54, 1.807) is 0 Å². The fourth-order valence-corrected chi connectivity index (χ4v) is 2.48. The number of aromatic nitrogens is 1. The molecule has 6 nitrogen and oxygen atoms in total. The van der Waals surface area contributed by atoms with Crippen LogP contribution in [0.1, 0.15) is 19.5 Å². The van der Waals surface area contributed by atoms with E-state index in [0.717, 1.165) is 0 Å². The van der Waals surface area contributed by atoms with Crippen molar-refractivity contribution in [1.82, 2.24) is 9.71 Å². The predicted molar refractivity (Wildman–Crippen MR) is 65.0 cm³/mol. The molecule has 7 heteroatoms. The third kappa shape index (κ3) is 4.12. The average Bonchev–Trinajstić information content (AvgIpc) is 2.76. The molecule has 1 heterocycles. The lowest BCUT2D eigenvalue weighted by molar-refractivity contribution is 0.0799. The van der Waals surface area contributed by atoms with Crippen LogP contribution < -0.4 is 10.5 Å². The molecular weight excluding hydrogens is 242 g/mol. The maximum absolute atomic E-state index is 11.8. The fourth-order valence-electron chi connectivity index (χ4n) is 1.35. The van der Waals surface area contributed by atoms with Crippen LogP contribution >= 0.6 is 0 Å². The molecule has 98 valence electrons. The Bertz CT molecular complexity index is 441. The number of aromatic amines is 1. The van der Waals surface area contributed by atoms with Crippen LogP contribution in [0.15, 0.2) is 17.2 Å². The van der Waals surface area contributed by atoms with Gasteiger partial charge in [-0.25, -0.2) is 13.1 Å². The van der Waals surface area contributed by atoms with Crippen molar-refractivity contribution in [2.24, 2.45) is 5.73 Å². The molecule has 1 unspecified atom stereocenters. The Balaban J connectivity index is 2.62. The van der Waals surface area contributed by atoms with Crippen molar-refractivity contribution in [3.05, 3.63) is 18.0 Å². The van der Waals surface area contributed by atoms with Gasteiger partial charge >= 0.3 is 0 Å². The number of hydrogen-bond acceptors (Lipinski definition) is 4. The van der Waals surface area contributed by atoms with Crippen LogP contribution in [0.3, 0.4) is 0 Å². The van der Waals surface area contributed by atoms with Gasteiger partial charge in [-0.2, -0.15) is 0 Å². The Kier molecular flexibility index (Phi) is 5.13. The van der Waals surface area contributed by atoms with Crippen LogP contribution in [-0.2, 0) is 21.3 Å². The number of H-pyrrole nitrogens is 1. The van der Waals surface area contributed by atoms with Crippen molar-refractivity contribution < 1.29 is 13.2 Å². The summed E-state index contributed by atoms with van der Waals surface area (Å²) in [4.78, 5) is 2.99. The van der Waals surface area contributed by atoms with Gasteiger partial charge in [0.15, 0.2) is 0 Å². The third-order valence-corrected chi connectivity index (χ3v) is 3.66. The molecule has 0 aromatic carbocycles. The summed E-state index contributed by atoms with van der Waals surface area (Å²) in [7, 11) is -3.48. The van der Waals surface area contributed by atoms with Gasteiger partial charge in [0.05, 0.1) is 11.0 Å². The fraction of sp³-hybridized carbons (Fsp3) is 0.600. The van der Waals surface area contributed by atoms with E-state index in [0.29, 0.717) is 12.3 Å². The first-order chi connectivity index (χ1) is 7.99. The van der Waals surface area contributed by atoms with Crippen LogP contribution in [0.25, 0.3) is 0 Å². The summed E-state index contributed by atoms with van der Waals surface area (Å²) in [6.07, 6.45) is 1.28. The zero-order valence-corrected chi connectivity index (χ0v) is 10.9. The summed E-state index contributed by atoms with van der Waals surface area (Å²) in [5.74, 6) is 0. The molecule has 0 aliphatic rings. The molecule has 1 atom stereocenters. The van der Waals surface area contributed by atoms with E-state index >= 15 is 0 Å². The summed E-state index contributed by atoms with van der Waals surface area (Å²) in [6, 6.07) is 1.52. The number of sulfonamides is 1. The van der Waals surface area contributed by atoms with Crippen LogP contribution in [0.5, 0.6) is 0 Å². The lowest BCUT2D eigenvalue weighted by Crippen LogP contribution is -2.32. The van der Waals surface area contributed by atoms with Gasteiger partial charge in [0.1, 0.15) is 0 Å². The quantitative estimate of drug-likeness (QED) is 0.652. The second-order valence-electron chi connectivity index (χ2n) is 3.68. The first-order valence-corrected chi connectivity index (χ1v) is 6.96. The summed E-state index contributed by atoms with van der Waals surface area (Å²) in [5.41, 5.74) is 6.09. The van der Waals surface area contributed by atoms with Gasteiger partial charge in [0, 0.05) is 31.6 Å². The zero-order chi connectivity index (χ0) is 12.9. The SMILES string of the molecule is CCOC(C)CNS(=O)(=O)c1c[nH]c(CN)c1. The second-order valence-corrected chi connectivity index (χ2v) is 5.45. The molecule has 1 aromatic heterocycles. The van der Waals surface area contributed by atoms with Gasteiger partial charge in [-0.1, -0.05) is 0 Å². The van der Waals surface area contributed by atoms with Gasteiger partial charge in [-0.15, -0.1) is 0 Å². The molecule has 0 fully saturated rings. The molecule has 1 rings (SSSR count). The van der Waals surface area contributed by atoms with E-state index < -0.39 is 10.0 Å². The van der Waals surface area contributed by atoms with Gasteiger partial charge < -0.3 is 15.5 Å². The third-order valence-electron chi connectivity index (χ3n) is 2.26. The molecule has 0 radical (unpaired) electrons. The van der Waals surface area contributed by atoms with E-state index in [-0.39, 0.29) is 24.1 Å². The van der Waals surface area contributed by atoms with E-state index in [1.165, 1.54) is 12.3 Å². The van der Waals surface area contributed by atoms with Crippen molar-refractivity contribution >= 4 is 10.0 Å². The number of ether oxygens (including phenoxy) is 1. The Labute approximate surface area is 102 Å². The molecule has 0 spiro atoms. The molecule has 0 saturated carbocycles. The van der Waals surface area contributed by atoms with Gasteiger partial charge in [-0.3, -0.25) is 0 Å². The van der Waals surface area contributed by atoms with Gasteiger partial charge in [0.25, 0.3) is 0 Å². The summed E-state index contributed by atoms with van der Waals surface area (Å²) in [5, 5.41) is 0. The van der Waals surface area contributed by atoms with Crippen molar-refractivity contribution in [1.29, 1.82) is 0 Å². The number of nitrogens with one attached hydrogen (secondary N) is 2. The first-order valence-electron chi connectivity index (χ1n) is 5.48. The molecule has 0 aliphatic heterocycles. The lowest BCUT2D eigenvalue weighted by atomic mass is 10.4. The lowest BCUT2D eigenvalue weighted by Gasteiger charge is -2.12. The molecule has 4 N–H and O–H groups in total. The molecule has 17 heavy (non-hydrogen) atoms. The Morgan fingerprint density at radius 2 is 2.29 bits per heavy atom. The van der Waals surface area contributed by atoms with Gasteiger partial charge in [-0.05, 0) is 19.9 Å². The monoisotopic (exact) mass is 261 g/mol. The minimum Gasteiger partial charge on any atom is -0.377 e. The Morgan fingerprint density at radius 3 is 2.82 bits per heavy atom. The second kappa shape index (κ2) is 6.15. The topological polar surface area (TPSA) is 97.2 Å². The minimum atomic E-state index is -3.48. The molecule has 0 amide bonds. The maximum atomic E-state index is 11.8. The Morgan fingerprint density at radius 1 is 1.59 bits per heavy atom. The van der Waals surface area contributed by atoms with E-state index in [2.05, 4.69) is 9.71 Å². The molecule has 0 aliphatic carbocycles. The summed E-state index contributed by atoms with van der Waals surface area (Å²) in [6.45, 7) is 4.77. The summed E-state index contributed by atoms with van der Waals surface area (Å²) < 4.78 is 31.4. The first kappa shape index (κ1) is 14.2. The molecule has 1 aromatic rings. The molecule has 0 bridgehead atoms. The van der Waals surface area contributed by atoms with Crippen molar-refractivity contribution in [3.63, 3.8) is 0 Å². The zero-order valence-electron chi connectivity index (χ0n) is 10.1. The van der Waals surface area contributed by atoms with E-state index in [1.807, 2.05) is 13.8 Å². The minimum absolute atomic E-state index is 0.150. The highest BCUT2D eigenvalue weighted by Crippen LogP contribution is 2.10. The predicted octanol–water partition coefficient (Wildman–Crippen LogP) is 0.177. The highest BCUT2D eigenvalue weighted by molar-refractivity contribution is 7.89. The highest BCUT2D eigenvalue weighted by atomic mass is 32.2. The average molecular weight is 261 g/mol. The largest absolute Gasteiger partial charge is 0.377 e. The van der Waals surface area contributed by atoms with E-state index in [9.17, 15) is 8.42 Å². The maximum Gasteiger partial charge on any atom is 0.242 e. The number of rotatable bonds is 7. The highest BCUT2D eigenvalue weighted by Gasteiger charge is 2.16. The van der Waals surface area contributed by atoms with E-state index in [4.69, 9.17) is 10.5 Å². The van der Waals surface area contributed by atoms with Crippen molar-refractivity contribution in [2.45, 2.75) is 31.4 Å². The smallest absolute Gasteiger partial charge is 0.242 e. The van der Waals surface area contributed by atoms with Crippen LogP contribution in [0, 0.1) is 0 Å². The summed E-state index contributed by atoms with van der Waals surface area (Å²) >= 11 is 0. The van der Waals surface area contributed by atoms with Gasteiger partial charge in [0.2, 0.25) is 10.0 Å².